The molecule has 27 heavy (non-hydrogen) atoms. The van der Waals surface area contributed by atoms with E-state index in [4.69, 9.17) is 5.11 Å². The lowest BCUT2D eigenvalue weighted by Gasteiger charge is -2.34. The molecule has 2 unspecified atom stereocenters. The van der Waals surface area contributed by atoms with Crippen molar-refractivity contribution in [3.05, 3.63) is 17.0 Å². The number of carbonyl (C=O) groups excluding carboxylic acids is 1. The molecule has 2 heterocycles. The van der Waals surface area contributed by atoms with Gasteiger partial charge in [0.2, 0.25) is 5.91 Å². The Hall–Kier alpha value is -2.06. The van der Waals surface area contributed by atoms with Crippen LogP contribution in [0.4, 0.5) is 13.2 Å². The van der Waals surface area contributed by atoms with Gasteiger partial charge in [-0.25, -0.2) is 0 Å². The number of carboxylic acid groups (broad SMARTS) is 1. The summed E-state index contributed by atoms with van der Waals surface area (Å²) >= 11 is 0. The molecule has 1 aromatic rings. The Labute approximate surface area is 155 Å². The predicted molar refractivity (Wildman–Crippen MR) is 90.2 cm³/mol. The van der Waals surface area contributed by atoms with Gasteiger partial charge in [0.25, 0.3) is 0 Å². The second-order valence-electron chi connectivity index (χ2n) is 7.86. The van der Waals surface area contributed by atoms with Crippen LogP contribution in [0.1, 0.15) is 49.1 Å². The minimum absolute atomic E-state index is 0.143. The van der Waals surface area contributed by atoms with E-state index in [1.54, 1.807) is 25.7 Å². The third-order valence-corrected chi connectivity index (χ3v) is 6.13. The summed E-state index contributed by atoms with van der Waals surface area (Å²) in [4.78, 5) is 25.7. The average Bonchev–Trinajstić information content (AvgIpc) is 3.19. The molecule has 1 spiro atoms. The molecule has 6 nitrogen and oxygen atoms in total. The fourth-order valence-corrected chi connectivity index (χ4v) is 4.48. The van der Waals surface area contributed by atoms with E-state index >= 15 is 0 Å². The Morgan fingerprint density at radius 3 is 2.37 bits per heavy atom. The van der Waals surface area contributed by atoms with Gasteiger partial charge >= 0.3 is 12.1 Å². The van der Waals surface area contributed by atoms with Crippen molar-refractivity contribution >= 4 is 11.9 Å². The van der Waals surface area contributed by atoms with Crippen LogP contribution in [0.5, 0.6) is 0 Å². The SMILES string of the molecule is Cc1nn(CC(F)(F)F)c(C)c1C(C)C(=O)N1CCC2(CC1)CC2C(=O)O. The molecule has 1 aliphatic carbocycles. The average molecular weight is 387 g/mol. The monoisotopic (exact) mass is 387 g/mol. The highest BCUT2D eigenvalue weighted by Crippen LogP contribution is 2.59. The Kier molecular flexibility index (Phi) is 4.76. The Morgan fingerprint density at radius 1 is 1.30 bits per heavy atom. The van der Waals surface area contributed by atoms with Gasteiger partial charge in [0.05, 0.1) is 17.5 Å². The van der Waals surface area contributed by atoms with Gasteiger partial charge in [-0.15, -0.1) is 0 Å². The molecule has 1 saturated heterocycles. The van der Waals surface area contributed by atoms with E-state index in [2.05, 4.69) is 5.10 Å². The van der Waals surface area contributed by atoms with Crippen molar-refractivity contribution in [3.8, 4) is 0 Å². The quantitative estimate of drug-likeness (QED) is 0.862. The number of likely N-dealkylation sites (tertiary alicyclic amines) is 1. The van der Waals surface area contributed by atoms with Gasteiger partial charge in [-0.2, -0.15) is 18.3 Å². The van der Waals surface area contributed by atoms with Crippen LogP contribution < -0.4 is 0 Å². The predicted octanol–water partition coefficient (Wildman–Crippen LogP) is 2.88. The van der Waals surface area contributed by atoms with Crippen LogP contribution in [0.15, 0.2) is 0 Å². The highest BCUT2D eigenvalue weighted by atomic mass is 19.4. The van der Waals surface area contributed by atoms with Crippen molar-refractivity contribution in [3.63, 3.8) is 0 Å². The Bertz CT molecular complexity index is 764. The smallest absolute Gasteiger partial charge is 0.408 e. The van der Waals surface area contributed by atoms with Crippen molar-refractivity contribution in [2.24, 2.45) is 11.3 Å². The zero-order valence-electron chi connectivity index (χ0n) is 15.6. The fraction of sp³-hybridized carbons (Fsp3) is 0.722. The number of nitrogens with zero attached hydrogens (tertiary/aromatic N) is 3. The molecular formula is C18H24F3N3O3. The topological polar surface area (TPSA) is 75.4 Å². The third kappa shape index (κ3) is 3.68. The van der Waals surface area contributed by atoms with E-state index in [9.17, 15) is 22.8 Å². The van der Waals surface area contributed by atoms with Crippen molar-refractivity contribution in [2.75, 3.05) is 13.1 Å². The van der Waals surface area contributed by atoms with Crippen LogP contribution in [0, 0.1) is 25.2 Å². The number of halogens is 3. The number of carboxylic acids is 1. The van der Waals surface area contributed by atoms with E-state index in [-0.39, 0.29) is 17.2 Å². The van der Waals surface area contributed by atoms with Crippen LogP contribution in [0.25, 0.3) is 0 Å². The van der Waals surface area contributed by atoms with Gasteiger partial charge < -0.3 is 10.0 Å². The molecule has 3 rings (SSSR count). The van der Waals surface area contributed by atoms with Crippen LogP contribution >= 0.6 is 0 Å². The summed E-state index contributed by atoms with van der Waals surface area (Å²) in [6.45, 7) is 4.66. The van der Waals surface area contributed by atoms with E-state index < -0.39 is 24.6 Å². The van der Waals surface area contributed by atoms with E-state index in [0.29, 0.717) is 49.3 Å². The first-order chi connectivity index (χ1) is 12.4. The summed E-state index contributed by atoms with van der Waals surface area (Å²) in [7, 11) is 0. The standard InChI is InChI=1S/C18H24F3N3O3/c1-10(14-11(2)22-24(12(14)3)9-18(19,20)21)15(25)23-6-4-17(5-7-23)8-13(17)16(26)27/h10,13H,4-9H2,1-3H3,(H,26,27). The number of hydrogen-bond donors (Lipinski definition) is 1. The minimum atomic E-state index is -4.38. The molecule has 2 aliphatic rings. The summed E-state index contributed by atoms with van der Waals surface area (Å²) in [5.41, 5.74) is 1.15. The molecule has 2 fully saturated rings. The van der Waals surface area contributed by atoms with Crippen LogP contribution in [0.2, 0.25) is 0 Å². The summed E-state index contributed by atoms with van der Waals surface area (Å²) in [6, 6.07) is 0. The number of piperidine rings is 1. The molecule has 1 aliphatic heterocycles. The number of aliphatic carboxylic acids is 1. The maximum absolute atomic E-state index is 12.9. The lowest BCUT2D eigenvalue weighted by molar-refractivity contribution is -0.143. The van der Waals surface area contributed by atoms with Gasteiger partial charge in [0.15, 0.2) is 0 Å². The molecule has 1 amide bonds. The maximum Gasteiger partial charge on any atom is 0.408 e. The summed E-state index contributed by atoms with van der Waals surface area (Å²) in [6.07, 6.45) is -2.39. The van der Waals surface area contributed by atoms with Gasteiger partial charge in [-0.1, -0.05) is 0 Å². The molecule has 0 radical (unpaired) electrons. The van der Waals surface area contributed by atoms with Crippen molar-refractivity contribution in [1.29, 1.82) is 0 Å². The Balaban J connectivity index is 1.69. The van der Waals surface area contributed by atoms with Crippen LogP contribution in [0.3, 0.4) is 0 Å². The highest BCUT2D eigenvalue weighted by molar-refractivity contribution is 5.84. The second kappa shape index (κ2) is 6.53. The maximum atomic E-state index is 12.9. The van der Waals surface area contributed by atoms with Gasteiger partial charge in [-0.05, 0) is 45.4 Å². The molecule has 1 N–H and O–H groups in total. The second-order valence-corrected chi connectivity index (χ2v) is 7.86. The molecule has 0 aromatic carbocycles. The van der Waals surface area contributed by atoms with Crippen molar-refractivity contribution < 1.29 is 27.9 Å². The zero-order valence-corrected chi connectivity index (χ0v) is 15.6. The van der Waals surface area contributed by atoms with Crippen LogP contribution in [-0.2, 0) is 16.1 Å². The summed E-state index contributed by atoms with van der Waals surface area (Å²) < 4.78 is 39.0. The summed E-state index contributed by atoms with van der Waals surface area (Å²) in [5, 5.41) is 13.1. The third-order valence-electron chi connectivity index (χ3n) is 6.13. The van der Waals surface area contributed by atoms with E-state index in [1.165, 1.54) is 0 Å². The lowest BCUT2D eigenvalue weighted by Crippen LogP contribution is -2.42. The number of aromatic nitrogens is 2. The molecule has 0 bridgehead atoms. The van der Waals surface area contributed by atoms with Crippen LogP contribution in [-0.4, -0.2) is 50.9 Å². The summed E-state index contributed by atoms with van der Waals surface area (Å²) in [5.74, 6) is -1.81. The minimum Gasteiger partial charge on any atom is -0.481 e. The number of alkyl halides is 3. The van der Waals surface area contributed by atoms with Gasteiger partial charge in [0.1, 0.15) is 6.54 Å². The number of carbonyl (C=O) groups is 2. The molecule has 2 atom stereocenters. The number of aryl methyl sites for hydroxylation is 1. The number of amides is 1. The Morgan fingerprint density at radius 2 is 1.89 bits per heavy atom. The molecular weight excluding hydrogens is 363 g/mol. The molecule has 150 valence electrons. The first-order valence-corrected chi connectivity index (χ1v) is 9.07. The van der Waals surface area contributed by atoms with Crippen molar-refractivity contribution in [2.45, 2.75) is 58.7 Å². The lowest BCUT2D eigenvalue weighted by atomic mass is 9.89. The van der Waals surface area contributed by atoms with Gasteiger partial charge in [0, 0.05) is 24.3 Å². The van der Waals surface area contributed by atoms with E-state index in [1.807, 2.05) is 0 Å². The number of rotatable bonds is 4. The normalized spacial score (nSPS) is 22.7. The van der Waals surface area contributed by atoms with Crippen molar-refractivity contribution in [1.82, 2.24) is 14.7 Å². The van der Waals surface area contributed by atoms with E-state index in [0.717, 1.165) is 4.68 Å². The molecule has 1 aromatic heterocycles. The first-order valence-electron chi connectivity index (χ1n) is 9.07. The highest BCUT2D eigenvalue weighted by Gasteiger charge is 2.59. The first kappa shape index (κ1) is 19.7. The fourth-order valence-electron chi connectivity index (χ4n) is 4.48. The number of hydrogen-bond acceptors (Lipinski definition) is 3. The molecule has 1 saturated carbocycles. The zero-order chi connectivity index (χ0) is 20.1. The van der Waals surface area contributed by atoms with Gasteiger partial charge in [-0.3, -0.25) is 14.3 Å². The molecule has 9 heteroatoms. The largest absolute Gasteiger partial charge is 0.481 e.